The van der Waals surface area contributed by atoms with Crippen LogP contribution < -0.4 is 5.84 Å². The molecule has 2 aliphatic heterocycles. The minimum atomic E-state index is 0.0150. The first-order valence-corrected chi connectivity index (χ1v) is 4.95. The molecule has 2 atom stereocenters. The quantitative estimate of drug-likeness (QED) is 0.482. The van der Waals surface area contributed by atoms with Gasteiger partial charge in [0, 0.05) is 12.6 Å². The van der Waals surface area contributed by atoms with E-state index < -0.39 is 0 Å². The number of nitrogens with two attached hydrogens (primary N) is 1. The Hall–Kier alpha value is -0.770. The van der Waals surface area contributed by atoms with E-state index in [4.69, 9.17) is 5.84 Å². The highest BCUT2D eigenvalue weighted by molar-refractivity contribution is 5.77. The average molecular weight is 183 g/mol. The summed E-state index contributed by atoms with van der Waals surface area (Å²) in [5, 5.41) is 1.41. The number of rotatable bonds is 1. The summed E-state index contributed by atoms with van der Waals surface area (Å²) < 4.78 is 0. The third kappa shape index (κ3) is 1.20. The zero-order chi connectivity index (χ0) is 9.59. The summed E-state index contributed by atoms with van der Waals surface area (Å²) >= 11 is 0. The van der Waals surface area contributed by atoms with E-state index in [1.165, 1.54) is 5.01 Å². The molecule has 0 unspecified atom stereocenters. The number of urea groups is 1. The van der Waals surface area contributed by atoms with Crippen LogP contribution in [0, 0.1) is 5.92 Å². The first kappa shape index (κ1) is 8.81. The first-order valence-electron chi connectivity index (χ1n) is 4.95. The standard InChI is InChI=1S/C9H17N3O/c1-6(2)8-4-3-7-5-11(8)9(13)12(7)10/h6-8H,3-5,10H2,1-2H3/t7-,8-/m0/s1. The highest BCUT2D eigenvalue weighted by Gasteiger charge is 2.43. The van der Waals surface area contributed by atoms with Crippen LogP contribution in [0.2, 0.25) is 0 Å². The average Bonchev–Trinajstić information content (AvgIpc) is 2.32. The van der Waals surface area contributed by atoms with Crippen molar-refractivity contribution in [3.05, 3.63) is 0 Å². The fourth-order valence-electron chi connectivity index (χ4n) is 2.42. The van der Waals surface area contributed by atoms with Crippen LogP contribution in [0.3, 0.4) is 0 Å². The molecule has 2 rings (SSSR count). The van der Waals surface area contributed by atoms with Crippen LogP contribution in [0.1, 0.15) is 26.7 Å². The predicted octanol–water partition coefficient (Wildman–Crippen LogP) is 0.785. The van der Waals surface area contributed by atoms with E-state index in [0.717, 1.165) is 19.4 Å². The number of hydrogen-bond donors (Lipinski definition) is 1. The summed E-state index contributed by atoms with van der Waals surface area (Å²) in [7, 11) is 0. The van der Waals surface area contributed by atoms with E-state index in [1.807, 2.05) is 4.90 Å². The summed E-state index contributed by atoms with van der Waals surface area (Å²) in [5.41, 5.74) is 0. The van der Waals surface area contributed by atoms with Gasteiger partial charge in [0.1, 0.15) is 0 Å². The van der Waals surface area contributed by atoms with Crippen LogP contribution in [0.4, 0.5) is 4.79 Å². The lowest BCUT2D eigenvalue weighted by Gasteiger charge is -2.33. The molecule has 2 aliphatic rings. The molecule has 4 nitrogen and oxygen atoms in total. The van der Waals surface area contributed by atoms with Crippen molar-refractivity contribution in [1.29, 1.82) is 0 Å². The molecule has 2 N–H and O–H groups in total. The zero-order valence-electron chi connectivity index (χ0n) is 8.23. The molecule has 4 heteroatoms. The highest BCUT2D eigenvalue weighted by Crippen LogP contribution is 2.30. The van der Waals surface area contributed by atoms with Gasteiger partial charge in [-0.3, -0.25) is 5.01 Å². The molecule has 0 aromatic carbocycles. The van der Waals surface area contributed by atoms with E-state index in [2.05, 4.69) is 13.8 Å². The van der Waals surface area contributed by atoms with Gasteiger partial charge in [0.05, 0.1) is 6.04 Å². The lowest BCUT2D eigenvalue weighted by atomic mass is 9.92. The molecule has 2 fully saturated rings. The second-order valence-electron chi connectivity index (χ2n) is 4.38. The van der Waals surface area contributed by atoms with E-state index in [9.17, 15) is 4.79 Å². The van der Waals surface area contributed by atoms with Crippen LogP contribution in [-0.2, 0) is 0 Å². The summed E-state index contributed by atoms with van der Waals surface area (Å²) in [5.74, 6) is 6.21. The maximum Gasteiger partial charge on any atom is 0.334 e. The third-order valence-corrected chi connectivity index (χ3v) is 3.23. The number of nitrogens with zero attached hydrogens (tertiary/aromatic N) is 2. The maximum absolute atomic E-state index is 11.6. The molecule has 2 saturated heterocycles. The molecule has 0 radical (unpaired) electrons. The normalized spacial score (nSPS) is 33.4. The van der Waals surface area contributed by atoms with Gasteiger partial charge < -0.3 is 4.90 Å². The summed E-state index contributed by atoms with van der Waals surface area (Å²) in [6, 6.07) is 0.681. The number of hydrazine groups is 1. The van der Waals surface area contributed by atoms with Gasteiger partial charge >= 0.3 is 6.03 Å². The van der Waals surface area contributed by atoms with Gasteiger partial charge in [0.25, 0.3) is 0 Å². The Morgan fingerprint density at radius 3 is 2.77 bits per heavy atom. The van der Waals surface area contributed by atoms with Crippen molar-refractivity contribution in [3.8, 4) is 0 Å². The van der Waals surface area contributed by atoms with Gasteiger partial charge in [0.15, 0.2) is 0 Å². The number of amides is 2. The molecule has 2 amide bonds. The molecule has 2 heterocycles. The van der Waals surface area contributed by atoms with Gasteiger partial charge in [0.2, 0.25) is 0 Å². The maximum atomic E-state index is 11.6. The lowest BCUT2D eigenvalue weighted by Crippen LogP contribution is -2.43. The molecule has 0 spiro atoms. The molecule has 74 valence electrons. The fourth-order valence-corrected chi connectivity index (χ4v) is 2.42. The van der Waals surface area contributed by atoms with Crippen molar-refractivity contribution in [2.45, 2.75) is 38.8 Å². The van der Waals surface area contributed by atoms with Crippen molar-refractivity contribution >= 4 is 6.03 Å². The molecule has 13 heavy (non-hydrogen) atoms. The minimum Gasteiger partial charge on any atom is -0.318 e. The minimum absolute atomic E-state index is 0.0150. The SMILES string of the molecule is CC(C)[C@@H]1CC[C@H]2CN1C(=O)N2N. The monoisotopic (exact) mass is 183 g/mol. The van der Waals surface area contributed by atoms with Crippen LogP contribution >= 0.6 is 0 Å². The molecular weight excluding hydrogens is 166 g/mol. The number of carbonyl (C=O) groups excluding carboxylic acids is 1. The molecule has 0 aromatic rings. The predicted molar refractivity (Wildman–Crippen MR) is 49.8 cm³/mol. The smallest absolute Gasteiger partial charge is 0.318 e. The number of fused-ring (bicyclic) bond motifs is 2. The molecule has 0 aliphatic carbocycles. The highest BCUT2D eigenvalue weighted by atomic mass is 16.2. The van der Waals surface area contributed by atoms with Crippen LogP contribution in [0.25, 0.3) is 0 Å². The van der Waals surface area contributed by atoms with Crippen molar-refractivity contribution in [2.24, 2.45) is 11.8 Å². The Labute approximate surface area is 78.6 Å². The second kappa shape index (κ2) is 2.87. The fraction of sp³-hybridized carbons (Fsp3) is 0.889. The largest absolute Gasteiger partial charge is 0.334 e. The molecule has 0 aromatic heterocycles. The van der Waals surface area contributed by atoms with Gasteiger partial charge in [-0.1, -0.05) is 13.8 Å². The molecular formula is C9H17N3O. The Balaban J connectivity index is 2.17. The van der Waals surface area contributed by atoms with Gasteiger partial charge in [-0.15, -0.1) is 0 Å². The molecule has 2 bridgehead atoms. The van der Waals surface area contributed by atoms with Crippen LogP contribution in [0.15, 0.2) is 0 Å². The van der Waals surface area contributed by atoms with Crippen molar-refractivity contribution < 1.29 is 4.79 Å². The van der Waals surface area contributed by atoms with E-state index >= 15 is 0 Å². The Bertz CT molecular complexity index is 229. The Morgan fingerprint density at radius 2 is 2.15 bits per heavy atom. The summed E-state index contributed by atoms with van der Waals surface area (Å²) in [4.78, 5) is 13.6. The Morgan fingerprint density at radius 1 is 1.46 bits per heavy atom. The van der Waals surface area contributed by atoms with Gasteiger partial charge in [-0.2, -0.15) is 0 Å². The molecule has 0 saturated carbocycles. The number of hydrogen-bond acceptors (Lipinski definition) is 2. The van der Waals surface area contributed by atoms with E-state index in [-0.39, 0.29) is 12.1 Å². The van der Waals surface area contributed by atoms with Crippen LogP contribution in [0.5, 0.6) is 0 Å². The number of piperidine rings is 1. The third-order valence-electron chi connectivity index (χ3n) is 3.23. The van der Waals surface area contributed by atoms with Crippen molar-refractivity contribution in [3.63, 3.8) is 0 Å². The first-order chi connectivity index (χ1) is 6.11. The second-order valence-corrected chi connectivity index (χ2v) is 4.38. The van der Waals surface area contributed by atoms with Crippen molar-refractivity contribution in [2.75, 3.05) is 6.54 Å². The van der Waals surface area contributed by atoms with Crippen LogP contribution in [-0.4, -0.2) is 34.6 Å². The van der Waals surface area contributed by atoms with Gasteiger partial charge in [-0.05, 0) is 18.8 Å². The summed E-state index contributed by atoms with van der Waals surface area (Å²) in [6.07, 6.45) is 2.16. The number of carbonyl (C=O) groups is 1. The van der Waals surface area contributed by atoms with Crippen molar-refractivity contribution in [1.82, 2.24) is 9.91 Å². The van der Waals surface area contributed by atoms with Gasteiger partial charge in [-0.25, -0.2) is 10.6 Å². The Kier molecular flexibility index (Phi) is 1.95. The van der Waals surface area contributed by atoms with E-state index in [0.29, 0.717) is 12.0 Å². The zero-order valence-corrected chi connectivity index (χ0v) is 8.23. The summed E-state index contributed by atoms with van der Waals surface area (Å²) in [6.45, 7) is 5.16. The van der Waals surface area contributed by atoms with E-state index in [1.54, 1.807) is 0 Å². The topological polar surface area (TPSA) is 49.6 Å². The lowest BCUT2D eigenvalue weighted by molar-refractivity contribution is 0.157.